The van der Waals surface area contributed by atoms with Crippen LogP contribution in [0.4, 0.5) is 4.79 Å². The maximum absolute atomic E-state index is 12.3. The first-order chi connectivity index (χ1) is 9.91. The summed E-state index contributed by atoms with van der Waals surface area (Å²) in [6, 6.07) is -0.358. The topological polar surface area (TPSA) is 75.3 Å². The quantitative estimate of drug-likeness (QED) is 0.810. The fourth-order valence-electron chi connectivity index (χ4n) is 5.63. The van der Waals surface area contributed by atoms with Crippen molar-refractivity contribution in [3.8, 4) is 0 Å². The Morgan fingerprint density at radius 2 is 1.57 bits per heavy atom. The molecule has 4 aliphatic carbocycles. The molecule has 21 heavy (non-hydrogen) atoms. The number of amides is 2. The van der Waals surface area contributed by atoms with Gasteiger partial charge in [-0.1, -0.05) is 0 Å². The van der Waals surface area contributed by atoms with Gasteiger partial charge in [0.15, 0.2) is 9.84 Å². The lowest BCUT2D eigenvalue weighted by Crippen LogP contribution is -2.62. The number of hydrogen-bond acceptors (Lipinski definition) is 3. The summed E-state index contributed by atoms with van der Waals surface area (Å²) in [4.78, 5) is 12.3. The summed E-state index contributed by atoms with van der Waals surface area (Å²) in [6.07, 6.45) is 7.97. The highest BCUT2D eigenvalue weighted by atomic mass is 32.2. The van der Waals surface area contributed by atoms with Crippen LogP contribution in [0.2, 0.25) is 0 Å². The maximum atomic E-state index is 12.3. The molecule has 0 aromatic rings. The normalized spacial score (nSPS) is 46.5. The van der Waals surface area contributed by atoms with Gasteiger partial charge >= 0.3 is 6.03 Å². The molecule has 118 valence electrons. The third kappa shape index (κ3) is 2.67. The number of rotatable bonds is 2. The molecule has 2 amide bonds. The van der Waals surface area contributed by atoms with Crippen LogP contribution in [0.1, 0.15) is 44.9 Å². The van der Waals surface area contributed by atoms with Crippen LogP contribution in [-0.2, 0) is 9.84 Å². The van der Waals surface area contributed by atoms with Crippen LogP contribution >= 0.6 is 0 Å². The summed E-state index contributed by atoms with van der Waals surface area (Å²) in [6.45, 7) is 0. The first-order valence-corrected chi connectivity index (χ1v) is 10.0. The highest BCUT2D eigenvalue weighted by Gasteiger charge is 2.51. The third-order valence-corrected chi connectivity index (χ3v) is 7.75. The van der Waals surface area contributed by atoms with Gasteiger partial charge < -0.3 is 10.6 Å². The van der Waals surface area contributed by atoms with E-state index in [0.29, 0.717) is 6.42 Å². The van der Waals surface area contributed by atoms with Crippen LogP contribution in [0, 0.1) is 17.8 Å². The maximum Gasteiger partial charge on any atom is 0.315 e. The van der Waals surface area contributed by atoms with Crippen LogP contribution in [0.3, 0.4) is 0 Å². The molecule has 1 atom stereocenters. The van der Waals surface area contributed by atoms with E-state index in [1.807, 2.05) is 0 Å². The molecular formula is C15H24N2O3S. The van der Waals surface area contributed by atoms with Crippen molar-refractivity contribution in [2.75, 3.05) is 11.5 Å². The van der Waals surface area contributed by atoms with E-state index in [4.69, 9.17) is 0 Å². The number of carbonyl (C=O) groups excluding carboxylic acids is 1. The van der Waals surface area contributed by atoms with E-state index in [1.54, 1.807) is 0 Å². The lowest BCUT2D eigenvalue weighted by atomic mass is 9.53. The predicted molar refractivity (Wildman–Crippen MR) is 79.6 cm³/mol. The molecule has 4 saturated carbocycles. The molecule has 5 fully saturated rings. The summed E-state index contributed by atoms with van der Waals surface area (Å²) in [7, 11) is -2.94. The Balaban J connectivity index is 1.39. The zero-order valence-electron chi connectivity index (χ0n) is 12.3. The van der Waals surface area contributed by atoms with Crippen molar-refractivity contribution in [2.24, 2.45) is 17.8 Å². The molecule has 6 heteroatoms. The molecule has 5 aliphatic rings. The van der Waals surface area contributed by atoms with E-state index in [0.717, 1.165) is 37.0 Å². The van der Waals surface area contributed by atoms with Crippen LogP contribution in [0.15, 0.2) is 0 Å². The molecule has 2 N–H and O–H groups in total. The number of urea groups is 1. The number of nitrogens with one attached hydrogen (secondary N) is 2. The SMILES string of the molecule is O=C(N[C@@H]1CCS(=O)(=O)C1)NC12CC3CC(CC(C3)C1)C2. The summed E-state index contributed by atoms with van der Waals surface area (Å²) in [5.41, 5.74) is -0.00366. The summed E-state index contributed by atoms with van der Waals surface area (Å²) in [5.74, 6) is 2.69. The van der Waals surface area contributed by atoms with Gasteiger partial charge in [-0.3, -0.25) is 0 Å². The molecular weight excluding hydrogens is 288 g/mol. The first kappa shape index (κ1) is 13.9. The Labute approximate surface area is 126 Å². The average molecular weight is 312 g/mol. The minimum absolute atomic E-state index is 0.00366. The van der Waals surface area contributed by atoms with Gasteiger partial charge in [0.1, 0.15) is 0 Å². The summed E-state index contributed by atoms with van der Waals surface area (Å²) >= 11 is 0. The smallest absolute Gasteiger partial charge is 0.315 e. The lowest BCUT2D eigenvalue weighted by Gasteiger charge is -2.56. The van der Waals surface area contributed by atoms with Crippen molar-refractivity contribution in [1.29, 1.82) is 0 Å². The fourth-order valence-corrected chi connectivity index (χ4v) is 7.31. The van der Waals surface area contributed by atoms with Crippen molar-refractivity contribution in [1.82, 2.24) is 10.6 Å². The molecule has 5 rings (SSSR count). The van der Waals surface area contributed by atoms with E-state index in [2.05, 4.69) is 10.6 Å². The van der Waals surface area contributed by atoms with Gasteiger partial charge in [-0.05, 0) is 62.7 Å². The van der Waals surface area contributed by atoms with Crippen LogP contribution in [0.5, 0.6) is 0 Å². The van der Waals surface area contributed by atoms with Gasteiger partial charge in [-0.25, -0.2) is 13.2 Å². The minimum atomic E-state index is -2.94. The van der Waals surface area contributed by atoms with E-state index >= 15 is 0 Å². The first-order valence-electron chi connectivity index (χ1n) is 8.20. The average Bonchev–Trinajstić information content (AvgIpc) is 2.65. The molecule has 0 aromatic heterocycles. The number of carbonyl (C=O) groups is 1. The third-order valence-electron chi connectivity index (χ3n) is 5.98. The molecule has 0 unspecified atom stereocenters. The molecule has 4 bridgehead atoms. The van der Waals surface area contributed by atoms with Crippen LogP contribution in [-0.4, -0.2) is 37.5 Å². The highest BCUT2D eigenvalue weighted by molar-refractivity contribution is 7.91. The second kappa shape index (κ2) is 4.61. The highest BCUT2D eigenvalue weighted by Crippen LogP contribution is 2.55. The van der Waals surface area contributed by atoms with Crippen molar-refractivity contribution >= 4 is 15.9 Å². The zero-order valence-corrected chi connectivity index (χ0v) is 13.1. The van der Waals surface area contributed by atoms with Gasteiger partial charge in [0.25, 0.3) is 0 Å². The Morgan fingerprint density at radius 3 is 2.05 bits per heavy atom. The van der Waals surface area contributed by atoms with Crippen LogP contribution in [0.25, 0.3) is 0 Å². The van der Waals surface area contributed by atoms with E-state index in [1.165, 1.54) is 19.3 Å². The van der Waals surface area contributed by atoms with Gasteiger partial charge in [0, 0.05) is 11.6 Å². The number of hydrogen-bond donors (Lipinski definition) is 2. The Bertz CT molecular complexity index is 522. The van der Waals surface area contributed by atoms with Gasteiger partial charge in [0.05, 0.1) is 11.5 Å². The molecule has 0 radical (unpaired) electrons. The standard InChI is InChI=1S/C15H24N2O3S/c18-14(16-13-1-2-21(19,20)9-13)17-15-6-10-3-11(7-15)5-12(4-10)8-15/h10-13H,1-9H2,(H2,16,17,18)/t10?,11?,12?,13-,15?/m1/s1. The van der Waals surface area contributed by atoms with Crippen molar-refractivity contribution in [3.05, 3.63) is 0 Å². The molecule has 1 heterocycles. The molecule has 1 aliphatic heterocycles. The largest absolute Gasteiger partial charge is 0.334 e. The van der Waals surface area contributed by atoms with E-state index in [-0.39, 0.29) is 29.1 Å². The lowest BCUT2D eigenvalue weighted by molar-refractivity contribution is -0.0136. The second-order valence-electron chi connectivity index (χ2n) is 7.90. The van der Waals surface area contributed by atoms with Gasteiger partial charge in [0.2, 0.25) is 0 Å². The van der Waals surface area contributed by atoms with E-state index < -0.39 is 9.84 Å². The molecule has 0 aromatic carbocycles. The predicted octanol–water partition coefficient (Wildman–Crippen LogP) is 1.44. The van der Waals surface area contributed by atoms with Crippen molar-refractivity contribution in [3.63, 3.8) is 0 Å². The summed E-state index contributed by atoms with van der Waals surface area (Å²) < 4.78 is 22.9. The van der Waals surface area contributed by atoms with Crippen molar-refractivity contribution < 1.29 is 13.2 Å². The summed E-state index contributed by atoms with van der Waals surface area (Å²) in [5, 5.41) is 6.11. The van der Waals surface area contributed by atoms with Crippen LogP contribution < -0.4 is 10.6 Å². The Hall–Kier alpha value is -0.780. The van der Waals surface area contributed by atoms with E-state index in [9.17, 15) is 13.2 Å². The number of sulfone groups is 1. The Morgan fingerprint density at radius 1 is 1.00 bits per heavy atom. The monoisotopic (exact) mass is 312 g/mol. The van der Waals surface area contributed by atoms with Crippen molar-refractivity contribution in [2.45, 2.75) is 56.5 Å². The van der Waals surface area contributed by atoms with Gasteiger partial charge in [-0.15, -0.1) is 0 Å². The Kier molecular flexibility index (Phi) is 3.04. The second-order valence-corrected chi connectivity index (χ2v) is 10.1. The fraction of sp³-hybridized carbons (Fsp3) is 0.933. The van der Waals surface area contributed by atoms with Gasteiger partial charge in [-0.2, -0.15) is 0 Å². The molecule has 0 spiro atoms. The minimum Gasteiger partial charge on any atom is -0.334 e. The molecule has 5 nitrogen and oxygen atoms in total. The molecule has 1 saturated heterocycles. The zero-order chi connectivity index (χ0) is 14.7.